The van der Waals surface area contributed by atoms with Crippen LogP contribution in [0.3, 0.4) is 0 Å². The molecule has 2 amide bonds. The van der Waals surface area contributed by atoms with Crippen molar-refractivity contribution in [1.29, 1.82) is 0 Å². The van der Waals surface area contributed by atoms with Crippen molar-refractivity contribution in [3.63, 3.8) is 0 Å². The lowest BCUT2D eigenvalue weighted by molar-refractivity contribution is -0.124. The van der Waals surface area contributed by atoms with Crippen molar-refractivity contribution in [2.45, 2.75) is 25.9 Å². The van der Waals surface area contributed by atoms with Crippen LogP contribution in [0.5, 0.6) is 0 Å². The standard InChI is InChI=1S/C27H23Cl2N3O4S/c1-2-36-26(35)18-5-13-22(14-6-18)32-25(34)23(15-24(33)30-21-11-9-20(29)10-12-21)31(27(32)37)16-17-3-7-19(28)8-4-17/h3-14,23H,2,15-16H2,1H3,(H,30,33). The van der Waals surface area contributed by atoms with Crippen molar-refractivity contribution in [3.05, 3.63) is 94.0 Å². The van der Waals surface area contributed by atoms with E-state index in [1.165, 1.54) is 4.90 Å². The lowest BCUT2D eigenvalue weighted by Crippen LogP contribution is -2.37. The number of hydrogen-bond acceptors (Lipinski definition) is 5. The summed E-state index contributed by atoms with van der Waals surface area (Å²) in [5, 5.41) is 4.20. The largest absolute Gasteiger partial charge is 0.462 e. The SMILES string of the molecule is CCOC(=O)c1ccc(N2C(=O)C(CC(=O)Nc3ccc(Cl)cc3)N(Cc3ccc(Cl)cc3)C2=S)cc1. The summed E-state index contributed by atoms with van der Waals surface area (Å²) in [6, 6.07) is 19.5. The topological polar surface area (TPSA) is 78.9 Å². The molecule has 4 rings (SSSR count). The van der Waals surface area contributed by atoms with E-state index < -0.39 is 12.0 Å². The minimum Gasteiger partial charge on any atom is -0.462 e. The Kier molecular flexibility index (Phi) is 8.43. The molecule has 0 bridgehead atoms. The maximum Gasteiger partial charge on any atom is 0.338 e. The summed E-state index contributed by atoms with van der Waals surface area (Å²) >= 11 is 17.7. The lowest BCUT2D eigenvalue weighted by Gasteiger charge is -2.24. The quantitative estimate of drug-likeness (QED) is 0.283. The van der Waals surface area contributed by atoms with E-state index in [1.807, 2.05) is 12.1 Å². The first kappa shape index (κ1) is 26.6. The van der Waals surface area contributed by atoms with Crippen LogP contribution in [0.15, 0.2) is 72.8 Å². The van der Waals surface area contributed by atoms with Crippen LogP contribution in [0.1, 0.15) is 29.3 Å². The van der Waals surface area contributed by atoms with Crippen LogP contribution < -0.4 is 10.2 Å². The molecule has 3 aromatic rings. The summed E-state index contributed by atoms with van der Waals surface area (Å²) in [6.07, 6.45) is -0.118. The molecule has 1 fully saturated rings. The van der Waals surface area contributed by atoms with E-state index in [-0.39, 0.29) is 30.0 Å². The molecule has 0 spiro atoms. The second-order valence-electron chi connectivity index (χ2n) is 8.25. The first-order chi connectivity index (χ1) is 17.8. The van der Waals surface area contributed by atoms with Crippen molar-refractivity contribution in [2.75, 3.05) is 16.8 Å². The Hall–Kier alpha value is -3.46. The summed E-state index contributed by atoms with van der Waals surface area (Å²) < 4.78 is 5.03. The smallest absolute Gasteiger partial charge is 0.338 e. The molecule has 10 heteroatoms. The zero-order valence-electron chi connectivity index (χ0n) is 19.8. The molecule has 0 saturated carbocycles. The Morgan fingerprint density at radius 2 is 1.54 bits per heavy atom. The second-order valence-corrected chi connectivity index (χ2v) is 9.49. The summed E-state index contributed by atoms with van der Waals surface area (Å²) in [5.41, 5.74) is 2.30. The highest BCUT2D eigenvalue weighted by Crippen LogP contribution is 2.29. The molecular weight excluding hydrogens is 533 g/mol. The average molecular weight is 556 g/mol. The Morgan fingerprint density at radius 3 is 2.14 bits per heavy atom. The number of thiocarbonyl (C=S) groups is 1. The molecule has 190 valence electrons. The summed E-state index contributed by atoms with van der Waals surface area (Å²) in [5.74, 6) is -1.14. The van der Waals surface area contributed by atoms with E-state index in [0.717, 1.165) is 5.56 Å². The molecule has 0 aromatic heterocycles. The number of hydrogen-bond donors (Lipinski definition) is 1. The summed E-state index contributed by atoms with van der Waals surface area (Å²) in [6.45, 7) is 2.29. The predicted molar refractivity (Wildman–Crippen MR) is 148 cm³/mol. The fourth-order valence-corrected chi connectivity index (χ4v) is 4.56. The van der Waals surface area contributed by atoms with Crippen molar-refractivity contribution in [1.82, 2.24) is 4.90 Å². The lowest BCUT2D eigenvalue weighted by atomic mass is 10.1. The van der Waals surface area contributed by atoms with E-state index in [0.29, 0.717) is 33.5 Å². The number of benzene rings is 3. The number of halogens is 2. The van der Waals surface area contributed by atoms with Gasteiger partial charge in [-0.1, -0.05) is 35.3 Å². The number of amides is 2. The highest BCUT2D eigenvalue weighted by Gasteiger charge is 2.44. The number of nitrogens with zero attached hydrogens (tertiary/aromatic N) is 2. The number of rotatable bonds is 8. The van der Waals surface area contributed by atoms with Crippen LogP contribution in [0, 0.1) is 0 Å². The maximum absolute atomic E-state index is 13.6. The minimum atomic E-state index is -0.833. The van der Waals surface area contributed by atoms with Gasteiger partial charge in [0.15, 0.2) is 5.11 Å². The van der Waals surface area contributed by atoms with Crippen LogP contribution in [-0.2, 0) is 20.9 Å². The number of carbonyl (C=O) groups is 3. The van der Waals surface area contributed by atoms with Crippen molar-refractivity contribution >= 4 is 69.7 Å². The van der Waals surface area contributed by atoms with Gasteiger partial charge in [-0.15, -0.1) is 0 Å². The normalized spacial score (nSPS) is 15.2. The molecule has 3 aromatic carbocycles. The van der Waals surface area contributed by atoms with Crippen LogP contribution in [0.4, 0.5) is 11.4 Å². The van der Waals surface area contributed by atoms with E-state index in [9.17, 15) is 14.4 Å². The number of ether oxygens (including phenoxy) is 1. The third kappa shape index (κ3) is 6.28. The first-order valence-corrected chi connectivity index (χ1v) is 12.6. The maximum atomic E-state index is 13.6. The van der Waals surface area contributed by atoms with Gasteiger partial charge in [0.25, 0.3) is 5.91 Å². The summed E-state index contributed by atoms with van der Waals surface area (Å²) in [7, 11) is 0. The monoisotopic (exact) mass is 555 g/mol. The fourth-order valence-electron chi connectivity index (χ4n) is 3.92. The molecule has 1 N–H and O–H groups in total. The van der Waals surface area contributed by atoms with Gasteiger partial charge in [0.2, 0.25) is 5.91 Å². The van der Waals surface area contributed by atoms with Gasteiger partial charge in [0.05, 0.1) is 24.3 Å². The molecule has 7 nitrogen and oxygen atoms in total. The fraction of sp³-hybridized carbons (Fsp3) is 0.185. The second kappa shape index (κ2) is 11.7. The van der Waals surface area contributed by atoms with Crippen LogP contribution in [0.2, 0.25) is 10.0 Å². The molecule has 1 aliphatic heterocycles. The van der Waals surface area contributed by atoms with Gasteiger partial charge in [0.1, 0.15) is 6.04 Å². The van der Waals surface area contributed by atoms with Gasteiger partial charge in [-0.2, -0.15) is 0 Å². The number of nitrogens with one attached hydrogen (secondary N) is 1. The third-order valence-corrected chi connectivity index (χ3v) is 6.65. The van der Waals surface area contributed by atoms with Gasteiger partial charge in [0, 0.05) is 22.3 Å². The highest BCUT2D eigenvalue weighted by molar-refractivity contribution is 7.80. The molecule has 0 aliphatic carbocycles. The number of carbonyl (C=O) groups excluding carboxylic acids is 3. The molecule has 1 aliphatic rings. The zero-order valence-corrected chi connectivity index (χ0v) is 22.1. The number of anilines is 2. The van der Waals surface area contributed by atoms with E-state index in [2.05, 4.69) is 5.32 Å². The van der Waals surface area contributed by atoms with Gasteiger partial charge in [-0.25, -0.2) is 4.79 Å². The average Bonchev–Trinajstić information content (AvgIpc) is 3.10. The Bertz CT molecular complexity index is 1310. The van der Waals surface area contributed by atoms with E-state index in [4.69, 9.17) is 40.2 Å². The Balaban J connectivity index is 1.59. The van der Waals surface area contributed by atoms with Crippen molar-refractivity contribution in [2.24, 2.45) is 0 Å². The molecule has 37 heavy (non-hydrogen) atoms. The van der Waals surface area contributed by atoms with Gasteiger partial charge >= 0.3 is 5.97 Å². The zero-order chi connectivity index (χ0) is 26.5. The molecule has 1 atom stereocenters. The van der Waals surface area contributed by atoms with Crippen molar-refractivity contribution in [3.8, 4) is 0 Å². The summed E-state index contributed by atoms with van der Waals surface area (Å²) in [4.78, 5) is 41.7. The first-order valence-electron chi connectivity index (χ1n) is 11.5. The van der Waals surface area contributed by atoms with E-state index >= 15 is 0 Å². The predicted octanol–water partition coefficient (Wildman–Crippen LogP) is 5.70. The molecule has 1 unspecified atom stereocenters. The highest BCUT2D eigenvalue weighted by atomic mass is 35.5. The van der Waals surface area contributed by atoms with E-state index in [1.54, 1.807) is 72.5 Å². The minimum absolute atomic E-state index is 0.118. The van der Waals surface area contributed by atoms with Crippen LogP contribution in [0.25, 0.3) is 0 Å². The Labute approximate surface area is 229 Å². The van der Waals surface area contributed by atoms with Gasteiger partial charge in [-0.3, -0.25) is 14.5 Å². The third-order valence-electron chi connectivity index (χ3n) is 5.73. The number of esters is 1. The van der Waals surface area contributed by atoms with Gasteiger partial charge < -0.3 is 15.0 Å². The van der Waals surface area contributed by atoms with Crippen LogP contribution >= 0.6 is 35.4 Å². The molecule has 1 saturated heterocycles. The van der Waals surface area contributed by atoms with Gasteiger partial charge in [-0.05, 0) is 85.4 Å². The Morgan fingerprint density at radius 1 is 0.946 bits per heavy atom. The molecular formula is C27H23Cl2N3O4S. The van der Waals surface area contributed by atoms with Crippen molar-refractivity contribution < 1.29 is 19.1 Å². The molecule has 1 heterocycles. The van der Waals surface area contributed by atoms with Crippen LogP contribution in [-0.4, -0.2) is 40.4 Å². The molecule has 0 radical (unpaired) electrons.